The lowest BCUT2D eigenvalue weighted by Gasteiger charge is -1.94. The van der Waals surface area contributed by atoms with E-state index >= 15 is 0 Å². The maximum absolute atomic E-state index is 5.35. The van der Waals surface area contributed by atoms with Crippen molar-refractivity contribution in [2.24, 2.45) is 0 Å². The highest BCUT2D eigenvalue weighted by Crippen LogP contribution is 2.16. The van der Waals surface area contributed by atoms with Crippen LogP contribution in [0.4, 0.5) is 5.88 Å². The van der Waals surface area contributed by atoms with E-state index in [0.717, 1.165) is 5.69 Å². The van der Waals surface area contributed by atoms with Gasteiger partial charge in [0.25, 0.3) is 0 Å². The second kappa shape index (κ2) is 2.05. The van der Waals surface area contributed by atoms with E-state index in [-0.39, 0.29) is 5.92 Å². The maximum Gasteiger partial charge on any atom is 0.246 e. The smallest absolute Gasteiger partial charge is 0.246 e. The van der Waals surface area contributed by atoms with Crippen molar-refractivity contribution >= 4 is 5.88 Å². The first-order chi connectivity index (χ1) is 4.22. The Morgan fingerprint density at radius 1 is 1.56 bits per heavy atom. The fraction of sp³-hybridized carbons (Fsp3) is 0.600. The molecule has 0 radical (unpaired) electrons. The van der Waals surface area contributed by atoms with Crippen molar-refractivity contribution in [1.82, 2.24) is 10.4 Å². The Morgan fingerprint density at radius 2 is 2.22 bits per heavy atom. The van der Waals surface area contributed by atoms with Gasteiger partial charge in [0.05, 0.1) is 0 Å². The number of hydrogen-bond donors (Lipinski definition) is 1. The van der Waals surface area contributed by atoms with Gasteiger partial charge in [-0.1, -0.05) is 13.8 Å². The van der Waals surface area contributed by atoms with Crippen LogP contribution in [-0.4, -0.2) is 10.4 Å². The van der Waals surface area contributed by atoms with Crippen LogP contribution in [0.25, 0.3) is 0 Å². The van der Waals surface area contributed by atoms with Crippen molar-refractivity contribution in [3.8, 4) is 0 Å². The lowest BCUT2D eigenvalue weighted by Crippen LogP contribution is -1.93. The van der Waals surface area contributed by atoms with Crippen LogP contribution in [-0.2, 0) is 0 Å². The molecule has 4 nitrogen and oxygen atoms in total. The average molecular weight is 127 g/mol. The third-order valence-corrected chi connectivity index (χ3v) is 1.09. The Kier molecular flexibility index (Phi) is 1.38. The van der Waals surface area contributed by atoms with Crippen molar-refractivity contribution in [3.63, 3.8) is 0 Å². The van der Waals surface area contributed by atoms with E-state index in [2.05, 4.69) is 14.9 Å². The SMILES string of the molecule is CC(C)c1nnoc1N. The standard InChI is InChI=1S/C5H9N3O/c1-3(2)4-5(6)9-8-7-4/h3H,6H2,1-2H3. The largest absolute Gasteiger partial charge is 0.366 e. The molecular formula is C5H9N3O. The minimum Gasteiger partial charge on any atom is -0.366 e. The maximum atomic E-state index is 5.35. The lowest BCUT2D eigenvalue weighted by atomic mass is 10.1. The fourth-order valence-electron chi connectivity index (χ4n) is 0.604. The van der Waals surface area contributed by atoms with Gasteiger partial charge in [-0.2, -0.15) is 0 Å². The minimum absolute atomic E-state index is 0.288. The third-order valence-electron chi connectivity index (χ3n) is 1.09. The topological polar surface area (TPSA) is 64.9 Å². The molecule has 4 heteroatoms. The van der Waals surface area contributed by atoms with Gasteiger partial charge in [-0.3, -0.25) is 0 Å². The molecule has 0 unspecified atom stereocenters. The quantitative estimate of drug-likeness (QED) is 0.605. The molecule has 1 aromatic heterocycles. The summed E-state index contributed by atoms with van der Waals surface area (Å²) in [5.74, 6) is 0.612. The summed E-state index contributed by atoms with van der Waals surface area (Å²) in [5.41, 5.74) is 6.08. The van der Waals surface area contributed by atoms with E-state index in [1.807, 2.05) is 13.8 Å². The molecule has 2 N–H and O–H groups in total. The van der Waals surface area contributed by atoms with Crippen LogP contribution in [0.1, 0.15) is 25.5 Å². The summed E-state index contributed by atoms with van der Waals surface area (Å²) < 4.78 is 4.54. The molecule has 0 aliphatic carbocycles. The molecule has 0 atom stereocenters. The van der Waals surface area contributed by atoms with Crippen LogP contribution in [0.3, 0.4) is 0 Å². The summed E-state index contributed by atoms with van der Waals surface area (Å²) in [6.07, 6.45) is 0. The summed E-state index contributed by atoms with van der Waals surface area (Å²) in [7, 11) is 0. The summed E-state index contributed by atoms with van der Waals surface area (Å²) in [6, 6.07) is 0. The summed E-state index contributed by atoms with van der Waals surface area (Å²) in [6.45, 7) is 3.96. The number of nitrogens with two attached hydrogens (primary N) is 1. The minimum atomic E-state index is 0.288. The van der Waals surface area contributed by atoms with Crippen LogP contribution in [0.2, 0.25) is 0 Å². The molecule has 0 spiro atoms. The molecule has 0 bridgehead atoms. The Balaban J connectivity index is 2.94. The Labute approximate surface area is 53.0 Å². The number of nitrogen functional groups attached to an aromatic ring is 1. The van der Waals surface area contributed by atoms with Gasteiger partial charge < -0.3 is 10.3 Å². The number of anilines is 1. The van der Waals surface area contributed by atoms with Gasteiger partial charge in [0, 0.05) is 11.2 Å². The fourth-order valence-corrected chi connectivity index (χ4v) is 0.604. The van der Waals surface area contributed by atoms with Gasteiger partial charge in [0.1, 0.15) is 5.69 Å². The van der Waals surface area contributed by atoms with Gasteiger partial charge in [-0.05, 0) is 0 Å². The Hall–Kier alpha value is -1.06. The summed E-state index contributed by atoms with van der Waals surface area (Å²) >= 11 is 0. The van der Waals surface area contributed by atoms with E-state index in [1.165, 1.54) is 0 Å². The molecule has 9 heavy (non-hydrogen) atoms. The molecule has 0 fully saturated rings. The van der Waals surface area contributed by atoms with Crippen LogP contribution in [0, 0.1) is 0 Å². The molecule has 50 valence electrons. The van der Waals surface area contributed by atoms with Crippen molar-refractivity contribution < 1.29 is 4.52 Å². The third kappa shape index (κ3) is 1.01. The van der Waals surface area contributed by atoms with E-state index in [9.17, 15) is 0 Å². The zero-order valence-corrected chi connectivity index (χ0v) is 5.46. The van der Waals surface area contributed by atoms with E-state index in [1.54, 1.807) is 0 Å². The monoisotopic (exact) mass is 127 g/mol. The van der Waals surface area contributed by atoms with Crippen molar-refractivity contribution in [3.05, 3.63) is 5.69 Å². The first-order valence-corrected chi connectivity index (χ1v) is 2.79. The van der Waals surface area contributed by atoms with Crippen LogP contribution in [0.15, 0.2) is 4.52 Å². The molecule has 0 saturated carbocycles. The van der Waals surface area contributed by atoms with E-state index in [0.29, 0.717) is 5.88 Å². The van der Waals surface area contributed by atoms with Crippen molar-refractivity contribution in [2.45, 2.75) is 19.8 Å². The van der Waals surface area contributed by atoms with Gasteiger partial charge in [-0.15, -0.1) is 5.10 Å². The second-order valence-corrected chi connectivity index (χ2v) is 2.18. The molecule has 0 aromatic carbocycles. The highest BCUT2D eigenvalue weighted by molar-refractivity contribution is 5.30. The van der Waals surface area contributed by atoms with Gasteiger partial charge in [0.15, 0.2) is 0 Å². The van der Waals surface area contributed by atoms with Gasteiger partial charge in [0.2, 0.25) is 5.88 Å². The first kappa shape index (κ1) is 6.07. The van der Waals surface area contributed by atoms with E-state index in [4.69, 9.17) is 5.73 Å². The second-order valence-electron chi connectivity index (χ2n) is 2.18. The Bertz CT molecular complexity index is 194. The highest BCUT2D eigenvalue weighted by atomic mass is 16.5. The number of aromatic nitrogens is 2. The molecular weight excluding hydrogens is 118 g/mol. The molecule has 0 saturated heterocycles. The van der Waals surface area contributed by atoms with Crippen LogP contribution in [0.5, 0.6) is 0 Å². The normalized spacial score (nSPS) is 10.6. The van der Waals surface area contributed by atoms with Crippen LogP contribution < -0.4 is 5.73 Å². The molecule has 0 aliphatic heterocycles. The summed E-state index contributed by atoms with van der Waals surface area (Å²) in [4.78, 5) is 0. The van der Waals surface area contributed by atoms with Crippen LogP contribution >= 0.6 is 0 Å². The molecule has 1 aromatic rings. The van der Waals surface area contributed by atoms with E-state index < -0.39 is 0 Å². The number of rotatable bonds is 1. The zero-order chi connectivity index (χ0) is 6.85. The summed E-state index contributed by atoms with van der Waals surface area (Å²) in [5, 5.41) is 6.97. The van der Waals surface area contributed by atoms with Crippen molar-refractivity contribution in [1.29, 1.82) is 0 Å². The average Bonchev–Trinajstić information content (AvgIpc) is 2.13. The predicted octanol–water partition coefficient (Wildman–Crippen LogP) is 0.775. The van der Waals surface area contributed by atoms with Crippen molar-refractivity contribution in [2.75, 3.05) is 5.73 Å². The van der Waals surface area contributed by atoms with Gasteiger partial charge in [-0.25, -0.2) is 0 Å². The first-order valence-electron chi connectivity index (χ1n) is 2.79. The number of nitrogens with zero attached hydrogens (tertiary/aromatic N) is 2. The molecule has 0 aliphatic rings. The predicted molar refractivity (Wildman–Crippen MR) is 32.8 cm³/mol. The Morgan fingerprint density at radius 3 is 2.44 bits per heavy atom. The number of hydrogen-bond acceptors (Lipinski definition) is 4. The lowest BCUT2D eigenvalue weighted by molar-refractivity contribution is 0.407. The highest BCUT2D eigenvalue weighted by Gasteiger charge is 2.08. The molecule has 1 heterocycles. The molecule has 1 rings (SSSR count). The molecule has 0 amide bonds. The zero-order valence-electron chi connectivity index (χ0n) is 5.46. The van der Waals surface area contributed by atoms with Gasteiger partial charge >= 0.3 is 0 Å².